The quantitative estimate of drug-likeness (QED) is 0.842. The van der Waals surface area contributed by atoms with E-state index in [1.165, 1.54) is 12.1 Å². The third-order valence-corrected chi connectivity index (χ3v) is 2.60. The lowest BCUT2D eigenvalue weighted by Gasteiger charge is -2.28. The average molecular weight is 221 g/mol. The van der Waals surface area contributed by atoms with Gasteiger partial charge in [0.1, 0.15) is 11.4 Å². The van der Waals surface area contributed by atoms with Crippen molar-refractivity contribution in [2.75, 3.05) is 25.5 Å². The van der Waals surface area contributed by atoms with Crippen molar-refractivity contribution in [3.63, 3.8) is 0 Å². The van der Waals surface area contributed by atoms with Crippen LogP contribution in [0.25, 0.3) is 0 Å². The SMILES string of the molecule is CNC(C)(C#N)CN(C)c1cccc(F)c1. The molecular weight excluding hydrogens is 205 g/mol. The van der Waals surface area contributed by atoms with Gasteiger partial charge in [-0.1, -0.05) is 6.07 Å². The minimum absolute atomic E-state index is 0.271. The van der Waals surface area contributed by atoms with E-state index in [1.54, 1.807) is 13.1 Å². The number of hydrogen-bond acceptors (Lipinski definition) is 3. The lowest BCUT2D eigenvalue weighted by molar-refractivity contribution is 0.492. The zero-order chi connectivity index (χ0) is 12.2. The van der Waals surface area contributed by atoms with Crippen molar-refractivity contribution in [3.8, 4) is 6.07 Å². The van der Waals surface area contributed by atoms with Gasteiger partial charge >= 0.3 is 0 Å². The monoisotopic (exact) mass is 221 g/mol. The van der Waals surface area contributed by atoms with E-state index >= 15 is 0 Å². The Balaban J connectivity index is 2.80. The van der Waals surface area contributed by atoms with Crippen molar-refractivity contribution < 1.29 is 4.39 Å². The Morgan fingerprint density at radius 1 is 1.56 bits per heavy atom. The van der Waals surface area contributed by atoms with Gasteiger partial charge in [-0.2, -0.15) is 5.26 Å². The van der Waals surface area contributed by atoms with Crippen LogP contribution in [0.1, 0.15) is 6.92 Å². The first kappa shape index (κ1) is 12.5. The summed E-state index contributed by atoms with van der Waals surface area (Å²) in [6.07, 6.45) is 0. The number of hydrogen-bond donors (Lipinski definition) is 1. The molecular formula is C12H16FN3. The third-order valence-electron chi connectivity index (χ3n) is 2.60. The Kier molecular flexibility index (Phi) is 3.86. The summed E-state index contributed by atoms with van der Waals surface area (Å²) < 4.78 is 13.0. The van der Waals surface area contributed by atoms with Crippen molar-refractivity contribution >= 4 is 5.69 Å². The van der Waals surface area contributed by atoms with Crippen LogP contribution in [0.15, 0.2) is 24.3 Å². The van der Waals surface area contributed by atoms with E-state index in [4.69, 9.17) is 5.26 Å². The standard InChI is InChI=1S/C12H16FN3/c1-12(8-14,15-2)9-16(3)11-6-4-5-10(13)7-11/h4-7,15H,9H2,1-3H3. The molecule has 16 heavy (non-hydrogen) atoms. The van der Waals surface area contributed by atoms with Crippen LogP contribution in [-0.2, 0) is 0 Å². The molecule has 1 rings (SSSR count). The van der Waals surface area contributed by atoms with E-state index < -0.39 is 5.54 Å². The van der Waals surface area contributed by atoms with Gasteiger partial charge in [0.25, 0.3) is 0 Å². The van der Waals surface area contributed by atoms with Gasteiger partial charge in [0.05, 0.1) is 6.07 Å². The first-order chi connectivity index (χ1) is 7.50. The van der Waals surface area contributed by atoms with Crippen LogP contribution >= 0.6 is 0 Å². The maximum atomic E-state index is 13.0. The molecule has 3 nitrogen and oxygen atoms in total. The van der Waals surface area contributed by atoms with Gasteiger partial charge in [-0.15, -0.1) is 0 Å². The molecule has 0 heterocycles. The van der Waals surface area contributed by atoms with Crippen molar-refractivity contribution in [3.05, 3.63) is 30.1 Å². The predicted octanol–water partition coefficient (Wildman–Crippen LogP) is 1.76. The molecule has 0 spiro atoms. The molecule has 0 saturated heterocycles. The topological polar surface area (TPSA) is 39.1 Å². The molecule has 0 amide bonds. The highest BCUT2D eigenvalue weighted by atomic mass is 19.1. The lowest BCUT2D eigenvalue weighted by Crippen LogP contribution is -2.47. The summed E-state index contributed by atoms with van der Waals surface area (Å²) in [6, 6.07) is 8.52. The summed E-state index contributed by atoms with van der Waals surface area (Å²) in [5.41, 5.74) is 0.123. The zero-order valence-electron chi connectivity index (χ0n) is 9.79. The molecule has 1 atom stereocenters. The number of benzene rings is 1. The van der Waals surface area contributed by atoms with Gasteiger partial charge in [0, 0.05) is 19.3 Å². The summed E-state index contributed by atoms with van der Waals surface area (Å²) in [5.74, 6) is -0.271. The van der Waals surface area contributed by atoms with Crippen molar-refractivity contribution in [1.82, 2.24) is 5.32 Å². The predicted molar refractivity (Wildman–Crippen MR) is 62.7 cm³/mol. The molecule has 1 aromatic carbocycles. The van der Waals surface area contributed by atoms with E-state index in [1.807, 2.05) is 24.9 Å². The highest BCUT2D eigenvalue weighted by molar-refractivity contribution is 5.46. The van der Waals surface area contributed by atoms with Gasteiger partial charge < -0.3 is 10.2 Å². The molecule has 0 aromatic heterocycles. The highest BCUT2D eigenvalue weighted by Gasteiger charge is 2.23. The summed E-state index contributed by atoms with van der Waals surface area (Å²) in [7, 11) is 3.57. The van der Waals surface area contributed by atoms with Crippen molar-refractivity contribution in [1.29, 1.82) is 5.26 Å². The van der Waals surface area contributed by atoms with Crippen molar-refractivity contribution in [2.24, 2.45) is 0 Å². The largest absolute Gasteiger partial charge is 0.372 e. The van der Waals surface area contributed by atoms with E-state index in [2.05, 4.69) is 11.4 Å². The summed E-state index contributed by atoms with van der Waals surface area (Å²) >= 11 is 0. The second kappa shape index (κ2) is 4.95. The maximum absolute atomic E-state index is 13.0. The van der Waals surface area contributed by atoms with Gasteiger partial charge in [-0.3, -0.25) is 0 Å². The number of nitrogens with zero attached hydrogens (tertiary/aromatic N) is 2. The molecule has 1 aromatic rings. The summed E-state index contributed by atoms with van der Waals surface area (Å²) in [4.78, 5) is 1.85. The molecule has 4 heteroatoms. The molecule has 1 unspecified atom stereocenters. The normalized spacial score (nSPS) is 13.9. The molecule has 0 aliphatic heterocycles. The van der Waals surface area contributed by atoms with Crippen LogP contribution in [0.3, 0.4) is 0 Å². The fraction of sp³-hybridized carbons (Fsp3) is 0.417. The second-order valence-corrected chi connectivity index (χ2v) is 4.03. The van der Waals surface area contributed by atoms with E-state index in [0.717, 1.165) is 5.69 Å². The molecule has 0 bridgehead atoms. The number of likely N-dealkylation sites (N-methyl/N-ethyl adjacent to an activating group) is 2. The minimum Gasteiger partial charge on any atom is -0.372 e. The number of nitriles is 1. The van der Waals surface area contributed by atoms with Crippen molar-refractivity contribution in [2.45, 2.75) is 12.5 Å². The Bertz CT molecular complexity index is 399. The second-order valence-electron chi connectivity index (χ2n) is 4.03. The summed E-state index contributed by atoms with van der Waals surface area (Å²) in [5, 5.41) is 12.0. The molecule has 0 aliphatic rings. The van der Waals surface area contributed by atoms with Gasteiger partial charge in [-0.05, 0) is 32.2 Å². The smallest absolute Gasteiger partial charge is 0.125 e. The van der Waals surface area contributed by atoms with Gasteiger partial charge in [-0.25, -0.2) is 4.39 Å². The zero-order valence-corrected chi connectivity index (χ0v) is 9.79. The number of rotatable bonds is 4. The Morgan fingerprint density at radius 3 is 2.75 bits per heavy atom. The molecule has 0 fully saturated rings. The Labute approximate surface area is 95.5 Å². The number of anilines is 1. The number of halogens is 1. The van der Waals surface area contributed by atoms with Crippen LogP contribution in [0.5, 0.6) is 0 Å². The first-order valence-corrected chi connectivity index (χ1v) is 5.07. The Hall–Kier alpha value is -1.60. The fourth-order valence-corrected chi connectivity index (χ4v) is 1.45. The van der Waals surface area contributed by atoms with E-state index in [0.29, 0.717) is 6.54 Å². The van der Waals surface area contributed by atoms with Crippen LogP contribution in [0.4, 0.5) is 10.1 Å². The molecule has 0 radical (unpaired) electrons. The molecule has 0 saturated carbocycles. The van der Waals surface area contributed by atoms with Crippen LogP contribution in [-0.4, -0.2) is 26.2 Å². The van der Waals surface area contributed by atoms with Crippen LogP contribution in [0.2, 0.25) is 0 Å². The summed E-state index contributed by atoms with van der Waals surface area (Å²) in [6.45, 7) is 2.30. The van der Waals surface area contributed by atoms with Crippen LogP contribution in [0, 0.1) is 17.1 Å². The van der Waals surface area contributed by atoms with Gasteiger partial charge in [0.2, 0.25) is 0 Å². The average Bonchev–Trinajstić information content (AvgIpc) is 2.29. The fourth-order valence-electron chi connectivity index (χ4n) is 1.45. The van der Waals surface area contributed by atoms with Crippen LogP contribution < -0.4 is 10.2 Å². The number of nitrogens with one attached hydrogen (secondary N) is 1. The first-order valence-electron chi connectivity index (χ1n) is 5.07. The molecule has 86 valence electrons. The third kappa shape index (κ3) is 2.94. The highest BCUT2D eigenvalue weighted by Crippen LogP contribution is 2.16. The maximum Gasteiger partial charge on any atom is 0.125 e. The molecule has 1 N–H and O–H groups in total. The minimum atomic E-state index is -0.638. The lowest BCUT2D eigenvalue weighted by atomic mass is 10.0. The Morgan fingerprint density at radius 2 is 2.25 bits per heavy atom. The van der Waals surface area contributed by atoms with Gasteiger partial charge in [0.15, 0.2) is 0 Å². The van der Waals surface area contributed by atoms with E-state index in [-0.39, 0.29) is 5.82 Å². The van der Waals surface area contributed by atoms with E-state index in [9.17, 15) is 4.39 Å². The molecule has 0 aliphatic carbocycles.